The summed E-state index contributed by atoms with van der Waals surface area (Å²) in [6, 6.07) is 6.46. The molecule has 1 saturated carbocycles. The number of benzene rings is 1. The molecule has 1 heteroatoms. The lowest BCUT2D eigenvalue weighted by Crippen LogP contribution is -2.07. The number of rotatable bonds is 2. The summed E-state index contributed by atoms with van der Waals surface area (Å²) in [5.41, 5.74) is 3.19. The molecule has 0 saturated heterocycles. The normalized spacial score (nSPS) is 18.6. The van der Waals surface area contributed by atoms with E-state index in [1.807, 2.05) is 0 Å². The van der Waals surface area contributed by atoms with Crippen LogP contribution in [-0.4, -0.2) is 5.11 Å². The Hall–Kier alpha value is -0.820. The minimum Gasteiger partial charge on any atom is -0.385 e. The van der Waals surface area contributed by atoms with Gasteiger partial charge in [-0.05, 0) is 42.4 Å². The highest BCUT2D eigenvalue weighted by Gasteiger charge is 2.43. The molecule has 0 bridgehead atoms. The number of aryl methyl sites for hydroxylation is 1. The van der Waals surface area contributed by atoms with Crippen LogP contribution in [-0.2, 0) is 5.60 Å². The lowest BCUT2D eigenvalue weighted by molar-refractivity contribution is 0.150. The Kier molecular flexibility index (Phi) is 2.15. The van der Waals surface area contributed by atoms with E-state index >= 15 is 0 Å². The molecule has 0 atom stereocenters. The number of aliphatic hydroxyl groups is 1. The second-order valence-corrected chi connectivity index (χ2v) is 4.76. The van der Waals surface area contributed by atoms with E-state index in [1.54, 1.807) is 0 Å². The van der Waals surface area contributed by atoms with Crippen LogP contribution < -0.4 is 0 Å². The van der Waals surface area contributed by atoms with Gasteiger partial charge >= 0.3 is 0 Å². The summed E-state index contributed by atoms with van der Waals surface area (Å²) >= 11 is 0. The van der Waals surface area contributed by atoms with Crippen molar-refractivity contribution in [1.82, 2.24) is 0 Å². The van der Waals surface area contributed by atoms with Gasteiger partial charge in [-0.15, -0.1) is 0 Å². The summed E-state index contributed by atoms with van der Waals surface area (Å²) in [6.07, 6.45) is 1.85. The third kappa shape index (κ3) is 1.57. The SMILES string of the molecule is Cc1ccc(C(C)C)cc1C1(O)CC1. The van der Waals surface area contributed by atoms with Crippen LogP contribution in [0.1, 0.15) is 49.3 Å². The summed E-state index contributed by atoms with van der Waals surface area (Å²) in [7, 11) is 0. The molecule has 14 heavy (non-hydrogen) atoms. The molecule has 1 aliphatic carbocycles. The lowest BCUT2D eigenvalue weighted by atomic mass is 9.94. The molecule has 2 rings (SSSR count). The van der Waals surface area contributed by atoms with E-state index < -0.39 is 5.60 Å². The standard InChI is InChI=1S/C13H18O/c1-9(2)11-5-4-10(3)12(8-11)13(14)6-7-13/h4-5,8-9,14H,6-7H2,1-3H3. The van der Waals surface area contributed by atoms with Crippen molar-refractivity contribution in [2.45, 2.75) is 45.1 Å². The van der Waals surface area contributed by atoms with Crippen molar-refractivity contribution in [3.05, 3.63) is 34.9 Å². The Morgan fingerprint density at radius 1 is 1.29 bits per heavy atom. The summed E-state index contributed by atoms with van der Waals surface area (Å²) in [6.45, 7) is 6.45. The van der Waals surface area contributed by atoms with Crippen molar-refractivity contribution in [3.63, 3.8) is 0 Å². The van der Waals surface area contributed by atoms with Gasteiger partial charge in [0.2, 0.25) is 0 Å². The highest BCUT2D eigenvalue weighted by Crippen LogP contribution is 2.46. The molecule has 76 valence electrons. The van der Waals surface area contributed by atoms with E-state index in [0.29, 0.717) is 5.92 Å². The van der Waals surface area contributed by atoms with Crippen molar-refractivity contribution >= 4 is 0 Å². The fourth-order valence-corrected chi connectivity index (χ4v) is 1.89. The zero-order valence-electron chi connectivity index (χ0n) is 9.17. The second-order valence-electron chi connectivity index (χ2n) is 4.76. The average molecular weight is 190 g/mol. The highest BCUT2D eigenvalue weighted by atomic mass is 16.3. The van der Waals surface area contributed by atoms with Gasteiger partial charge in [0.05, 0.1) is 5.60 Å². The Bertz CT molecular complexity index is 348. The van der Waals surface area contributed by atoms with Gasteiger partial charge < -0.3 is 5.11 Å². The molecule has 0 aromatic heterocycles. The van der Waals surface area contributed by atoms with Gasteiger partial charge in [-0.3, -0.25) is 0 Å². The van der Waals surface area contributed by atoms with Crippen molar-refractivity contribution in [3.8, 4) is 0 Å². The fraction of sp³-hybridized carbons (Fsp3) is 0.538. The zero-order chi connectivity index (χ0) is 10.3. The smallest absolute Gasteiger partial charge is 0.0901 e. The molecule has 0 unspecified atom stereocenters. The van der Waals surface area contributed by atoms with E-state index in [2.05, 4.69) is 39.0 Å². The molecule has 1 aromatic carbocycles. The van der Waals surface area contributed by atoms with E-state index in [0.717, 1.165) is 18.4 Å². The first-order valence-corrected chi connectivity index (χ1v) is 5.36. The first-order valence-electron chi connectivity index (χ1n) is 5.36. The second kappa shape index (κ2) is 3.09. The zero-order valence-corrected chi connectivity index (χ0v) is 9.17. The van der Waals surface area contributed by atoms with E-state index in [4.69, 9.17) is 0 Å². The lowest BCUT2D eigenvalue weighted by Gasteiger charge is -2.15. The minimum absolute atomic E-state index is 0.491. The predicted octanol–water partition coefficient (Wildman–Crippen LogP) is 3.10. The Morgan fingerprint density at radius 3 is 2.43 bits per heavy atom. The van der Waals surface area contributed by atoms with Gasteiger partial charge in [0.1, 0.15) is 0 Å². The van der Waals surface area contributed by atoms with Gasteiger partial charge in [0.25, 0.3) is 0 Å². The average Bonchev–Trinajstić information content (AvgIpc) is 2.85. The van der Waals surface area contributed by atoms with Crippen LogP contribution in [0, 0.1) is 6.92 Å². The van der Waals surface area contributed by atoms with Crippen molar-refractivity contribution < 1.29 is 5.11 Å². The maximum Gasteiger partial charge on any atom is 0.0901 e. The molecular formula is C13H18O. The van der Waals surface area contributed by atoms with Gasteiger partial charge in [-0.2, -0.15) is 0 Å². The van der Waals surface area contributed by atoms with Crippen molar-refractivity contribution in [2.75, 3.05) is 0 Å². The van der Waals surface area contributed by atoms with Crippen LogP contribution in [0.5, 0.6) is 0 Å². The topological polar surface area (TPSA) is 20.2 Å². The molecule has 1 fully saturated rings. The Morgan fingerprint density at radius 2 is 1.93 bits per heavy atom. The largest absolute Gasteiger partial charge is 0.385 e. The molecule has 0 radical (unpaired) electrons. The van der Waals surface area contributed by atoms with Gasteiger partial charge in [0, 0.05) is 0 Å². The maximum absolute atomic E-state index is 10.1. The summed E-state index contributed by atoms with van der Waals surface area (Å²) < 4.78 is 0. The molecule has 0 heterocycles. The third-order valence-corrected chi connectivity index (χ3v) is 3.15. The quantitative estimate of drug-likeness (QED) is 0.759. The Labute approximate surface area is 85.8 Å². The van der Waals surface area contributed by atoms with Crippen LogP contribution in [0.4, 0.5) is 0 Å². The molecule has 1 N–H and O–H groups in total. The van der Waals surface area contributed by atoms with Crippen LogP contribution in [0.3, 0.4) is 0 Å². The summed E-state index contributed by atoms with van der Waals surface area (Å²) in [5.74, 6) is 0.539. The summed E-state index contributed by atoms with van der Waals surface area (Å²) in [5, 5.41) is 10.1. The molecule has 1 nitrogen and oxygen atoms in total. The van der Waals surface area contributed by atoms with E-state index in [9.17, 15) is 5.11 Å². The molecule has 0 spiro atoms. The fourth-order valence-electron chi connectivity index (χ4n) is 1.89. The first kappa shape index (κ1) is 9.72. The third-order valence-electron chi connectivity index (χ3n) is 3.15. The minimum atomic E-state index is -0.491. The highest BCUT2D eigenvalue weighted by molar-refractivity contribution is 5.39. The van der Waals surface area contributed by atoms with Crippen molar-refractivity contribution in [2.24, 2.45) is 0 Å². The predicted molar refractivity (Wildman–Crippen MR) is 58.4 cm³/mol. The van der Waals surface area contributed by atoms with Crippen LogP contribution in [0.15, 0.2) is 18.2 Å². The molecule has 0 aliphatic heterocycles. The van der Waals surface area contributed by atoms with E-state index in [-0.39, 0.29) is 0 Å². The maximum atomic E-state index is 10.1. The number of hydrogen-bond donors (Lipinski definition) is 1. The molecular weight excluding hydrogens is 172 g/mol. The number of hydrogen-bond acceptors (Lipinski definition) is 1. The van der Waals surface area contributed by atoms with Gasteiger partial charge in [-0.1, -0.05) is 32.0 Å². The van der Waals surface area contributed by atoms with Crippen molar-refractivity contribution in [1.29, 1.82) is 0 Å². The van der Waals surface area contributed by atoms with Crippen LogP contribution in [0.25, 0.3) is 0 Å². The van der Waals surface area contributed by atoms with Gasteiger partial charge in [0.15, 0.2) is 0 Å². The van der Waals surface area contributed by atoms with E-state index in [1.165, 1.54) is 11.1 Å². The molecule has 1 aliphatic rings. The molecule has 1 aromatic rings. The van der Waals surface area contributed by atoms with Gasteiger partial charge in [-0.25, -0.2) is 0 Å². The Balaban J connectivity index is 2.43. The van der Waals surface area contributed by atoms with Crippen LogP contribution in [0.2, 0.25) is 0 Å². The van der Waals surface area contributed by atoms with Crippen LogP contribution >= 0.6 is 0 Å². The summed E-state index contributed by atoms with van der Waals surface area (Å²) in [4.78, 5) is 0. The first-order chi connectivity index (χ1) is 6.53. The monoisotopic (exact) mass is 190 g/mol. The molecule has 0 amide bonds.